The molecule has 0 bridgehead atoms. The fourth-order valence-corrected chi connectivity index (χ4v) is 5.20. The van der Waals surface area contributed by atoms with Crippen LogP contribution in [-0.4, -0.2) is 88.0 Å². The fraction of sp³-hybridized carbons (Fsp3) is 0.448. The van der Waals surface area contributed by atoms with Crippen LogP contribution in [0, 0.1) is 6.92 Å². The van der Waals surface area contributed by atoms with E-state index in [-0.39, 0.29) is 5.54 Å². The summed E-state index contributed by atoms with van der Waals surface area (Å²) in [6, 6.07) is 9.81. The molecular weight excluding hydrogens is 528 g/mol. The van der Waals surface area contributed by atoms with Crippen LogP contribution >= 0.6 is 11.6 Å². The lowest BCUT2D eigenvalue weighted by molar-refractivity contribution is 0.158. The highest BCUT2D eigenvalue weighted by molar-refractivity contribution is 6.33. The van der Waals surface area contributed by atoms with Crippen molar-refractivity contribution in [3.8, 4) is 17.1 Å². The predicted molar refractivity (Wildman–Crippen MR) is 158 cm³/mol. The molecule has 0 atom stereocenters. The van der Waals surface area contributed by atoms with Crippen molar-refractivity contribution in [2.45, 2.75) is 32.9 Å². The number of piperazine rings is 1. The molecule has 5 rings (SSSR count). The summed E-state index contributed by atoms with van der Waals surface area (Å²) in [5, 5.41) is 7.40. The lowest BCUT2D eigenvalue weighted by Crippen LogP contribution is -2.44. The first-order valence-electron chi connectivity index (χ1n) is 13.6. The second kappa shape index (κ2) is 12.5. The maximum Gasteiger partial charge on any atom is 0.166 e. The molecular formula is C29H37ClN8O2. The molecule has 10 nitrogen and oxygen atoms in total. The lowest BCUT2D eigenvalue weighted by Gasteiger charge is -2.26. The van der Waals surface area contributed by atoms with Gasteiger partial charge in [0.05, 0.1) is 29.4 Å². The van der Waals surface area contributed by atoms with Gasteiger partial charge in [0.2, 0.25) is 0 Å². The Labute approximate surface area is 240 Å². The van der Waals surface area contributed by atoms with Crippen LogP contribution in [-0.2, 0) is 11.3 Å². The summed E-state index contributed by atoms with van der Waals surface area (Å²) >= 11 is 6.87. The number of rotatable bonds is 11. The molecule has 1 aliphatic heterocycles. The maximum atomic E-state index is 6.87. The zero-order valence-electron chi connectivity index (χ0n) is 23.6. The molecule has 4 heterocycles. The van der Waals surface area contributed by atoms with Crippen molar-refractivity contribution in [3.05, 3.63) is 59.1 Å². The molecule has 0 unspecified atom stereocenters. The Bertz CT molecular complexity index is 1450. The van der Waals surface area contributed by atoms with E-state index in [2.05, 4.69) is 57.3 Å². The predicted octanol–water partition coefficient (Wildman–Crippen LogP) is 4.02. The molecule has 1 saturated heterocycles. The van der Waals surface area contributed by atoms with E-state index in [1.54, 1.807) is 13.4 Å². The number of ether oxygens (including phenoxy) is 2. The quantitative estimate of drug-likeness (QED) is 0.279. The second-order valence-electron chi connectivity index (χ2n) is 10.8. The number of aromatic nitrogens is 5. The highest BCUT2D eigenvalue weighted by Gasteiger charge is 2.24. The molecule has 0 aliphatic carbocycles. The third-order valence-corrected chi connectivity index (χ3v) is 7.17. The van der Waals surface area contributed by atoms with Gasteiger partial charge in [-0.2, -0.15) is 0 Å². The molecule has 0 amide bonds. The van der Waals surface area contributed by atoms with Crippen molar-refractivity contribution in [2.75, 3.05) is 58.4 Å². The first kappa shape index (κ1) is 28.2. The van der Waals surface area contributed by atoms with Gasteiger partial charge in [-0.15, -0.1) is 0 Å². The van der Waals surface area contributed by atoms with Gasteiger partial charge in [-0.1, -0.05) is 11.6 Å². The van der Waals surface area contributed by atoms with E-state index in [1.807, 2.05) is 35.0 Å². The normalized spacial score (nSPS) is 14.5. The zero-order chi connectivity index (χ0) is 28.1. The molecule has 3 aromatic heterocycles. The average Bonchev–Trinajstić information content (AvgIpc) is 3.28. The number of anilines is 1. The summed E-state index contributed by atoms with van der Waals surface area (Å²) in [6.07, 6.45) is 3.37. The van der Waals surface area contributed by atoms with Gasteiger partial charge in [-0.3, -0.25) is 9.88 Å². The Hall–Kier alpha value is -3.31. The molecule has 1 fully saturated rings. The summed E-state index contributed by atoms with van der Waals surface area (Å²) in [6.45, 7) is 12.7. The first-order valence-corrected chi connectivity index (χ1v) is 14.0. The molecule has 0 saturated carbocycles. The Morgan fingerprint density at radius 2 is 1.93 bits per heavy atom. The summed E-state index contributed by atoms with van der Waals surface area (Å²) in [7, 11) is 1.68. The van der Waals surface area contributed by atoms with Crippen LogP contribution in [0.25, 0.3) is 22.6 Å². The number of halogens is 1. The molecule has 4 aromatic rings. The minimum atomic E-state index is -0.362. The number of nitrogens with zero attached hydrogens (tertiary/aromatic N) is 6. The van der Waals surface area contributed by atoms with Crippen molar-refractivity contribution in [1.29, 1.82) is 0 Å². The van der Waals surface area contributed by atoms with Gasteiger partial charge in [-0.05, 0) is 56.7 Å². The van der Waals surface area contributed by atoms with Crippen molar-refractivity contribution in [3.63, 3.8) is 0 Å². The number of aryl methyl sites for hydroxylation is 1. The van der Waals surface area contributed by atoms with Gasteiger partial charge < -0.3 is 24.7 Å². The monoisotopic (exact) mass is 564 g/mol. The van der Waals surface area contributed by atoms with Crippen LogP contribution in [0.4, 0.5) is 5.82 Å². The Balaban J connectivity index is 1.48. The third-order valence-electron chi connectivity index (χ3n) is 6.85. The maximum absolute atomic E-state index is 6.87. The standard InChI is InChI=1S/C29H37ClN8O2/c1-20-7-8-32-21(15-20)17-38-27(35-25-26(33-19-34-28(25)38)36-29(2,3)18-39-4)23-6-5-22(16-24(23)30)40-14-13-37-11-9-31-10-12-37/h5-8,15-16,19,31H,9-14,17-18H2,1-4H3,(H,33,34,36). The number of fused-ring (bicyclic) bond motifs is 1. The summed E-state index contributed by atoms with van der Waals surface area (Å²) in [5.74, 6) is 2.05. The Morgan fingerprint density at radius 1 is 1.10 bits per heavy atom. The van der Waals surface area contributed by atoms with Gasteiger partial charge >= 0.3 is 0 Å². The van der Waals surface area contributed by atoms with E-state index >= 15 is 0 Å². The Kier molecular flexibility index (Phi) is 8.80. The first-order chi connectivity index (χ1) is 19.3. The highest BCUT2D eigenvalue weighted by atomic mass is 35.5. The van der Waals surface area contributed by atoms with E-state index in [0.717, 1.165) is 55.3 Å². The minimum Gasteiger partial charge on any atom is -0.492 e. The number of hydrogen-bond donors (Lipinski definition) is 2. The largest absolute Gasteiger partial charge is 0.492 e. The number of pyridine rings is 1. The topological polar surface area (TPSA) is 102 Å². The molecule has 0 radical (unpaired) electrons. The van der Waals surface area contributed by atoms with E-state index in [9.17, 15) is 0 Å². The smallest absolute Gasteiger partial charge is 0.166 e. The second-order valence-corrected chi connectivity index (χ2v) is 11.2. The van der Waals surface area contributed by atoms with Gasteiger partial charge in [-0.25, -0.2) is 15.0 Å². The number of benzene rings is 1. The van der Waals surface area contributed by atoms with Crippen molar-refractivity contribution in [2.24, 2.45) is 0 Å². The van der Waals surface area contributed by atoms with E-state index < -0.39 is 0 Å². The van der Waals surface area contributed by atoms with Crippen LogP contribution in [0.1, 0.15) is 25.1 Å². The number of hydrogen-bond acceptors (Lipinski definition) is 9. The van der Waals surface area contributed by atoms with Gasteiger partial charge in [0.25, 0.3) is 0 Å². The molecule has 40 heavy (non-hydrogen) atoms. The lowest BCUT2D eigenvalue weighted by atomic mass is 10.1. The zero-order valence-corrected chi connectivity index (χ0v) is 24.3. The van der Waals surface area contributed by atoms with Crippen molar-refractivity contribution in [1.82, 2.24) is 34.7 Å². The molecule has 11 heteroatoms. The third kappa shape index (κ3) is 6.69. The van der Waals surface area contributed by atoms with Crippen LogP contribution in [0.15, 0.2) is 42.9 Å². The van der Waals surface area contributed by atoms with Crippen LogP contribution < -0.4 is 15.4 Å². The molecule has 212 valence electrons. The van der Waals surface area contributed by atoms with Crippen molar-refractivity contribution >= 4 is 28.6 Å². The highest BCUT2D eigenvalue weighted by Crippen LogP contribution is 2.34. The van der Waals surface area contributed by atoms with Crippen molar-refractivity contribution < 1.29 is 9.47 Å². The van der Waals surface area contributed by atoms with Gasteiger partial charge in [0.1, 0.15) is 24.5 Å². The fourth-order valence-electron chi connectivity index (χ4n) is 4.94. The molecule has 2 N–H and O–H groups in total. The molecule has 1 aliphatic rings. The summed E-state index contributed by atoms with van der Waals surface area (Å²) < 4.78 is 13.5. The minimum absolute atomic E-state index is 0.362. The van der Waals surface area contributed by atoms with E-state index in [4.69, 9.17) is 26.1 Å². The van der Waals surface area contributed by atoms with Crippen LogP contribution in [0.2, 0.25) is 5.02 Å². The van der Waals surface area contributed by atoms with Crippen LogP contribution in [0.3, 0.4) is 0 Å². The van der Waals surface area contributed by atoms with Gasteiger partial charge in [0.15, 0.2) is 17.0 Å². The van der Waals surface area contributed by atoms with E-state index in [0.29, 0.717) is 47.6 Å². The summed E-state index contributed by atoms with van der Waals surface area (Å²) in [5.41, 5.74) is 3.80. The number of nitrogens with one attached hydrogen (secondary N) is 2. The number of methoxy groups -OCH3 is 1. The molecule has 1 aromatic carbocycles. The molecule has 0 spiro atoms. The van der Waals surface area contributed by atoms with E-state index in [1.165, 1.54) is 0 Å². The summed E-state index contributed by atoms with van der Waals surface area (Å²) in [4.78, 5) is 21.2. The average molecular weight is 565 g/mol. The SMILES string of the molecule is COCC(C)(C)Nc1ncnc2c1nc(-c1ccc(OCCN3CCNCC3)cc1Cl)n2Cc1cc(C)ccn1. The van der Waals surface area contributed by atoms with Gasteiger partial charge in [0, 0.05) is 51.6 Å². The number of imidazole rings is 1. The van der Waals surface area contributed by atoms with Crippen LogP contribution in [0.5, 0.6) is 5.75 Å². The Morgan fingerprint density at radius 3 is 2.67 bits per heavy atom.